The van der Waals surface area contributed by atoms with Crippen LogP contribution in [0.15, 0.2) is 0 Å². The molecular weight excluding hydrogens is 134 g/mol. The number of carbonyl (C=O) groups excluding carboxylic acids is 1. The molecule has 1 fully saturated rings. The Morgan fingerprint density at radius 3 is 2.90 bits per heavy atom. The van der Waals surface area contributed by atoms with Gasteiger partial charge in [0.2, 0.25) is 5.91 Å². The van der Waals surface area contributed by atoms with Gasteiger partial charge in [-0.05, 0) is 6.42 Å². The van der Waals surface area contributed by atoms with E-state index in [0.29, 0.717) is 13.2 Å². The van der Waals surface area contributed by atoms with Gasteiger partial charge < -0.3 is 15.6 Å². The van der Waals surface area contributed by atoms with Gasteiger partial charge >= 0.3 is 0 Å². The molecule has 1 aliphatic rings. The molecular formula is C6H11NO3. The third-order valence-corrected chi connectivity index (χ3v) is 1.70. The quantitative estimate of drug-likeness (QED) is 0.516. The van der Waals surface area contributed by atoms with Gasteiger partial charge in [-0.1, -0.05) is 0 Å². The molecule has 0 aromatic rings. The summed E-state index contributed by atoms with van der Waals surface area (Å²) in [7, 11) is 0. The van der Waals surface area contributed by atoms with E-state index in [2.05, 4.69) is 0 Å². The number of amides is 1. The van der Waals surface area contributed by atoms with Crippen LogP contribution in [0.3, 0.4) is 0 Å². The fourth-order valence-corrected chi connectivity index (χ4v) is 1.03. The maximum Gasteiger partial charge on any atom is 0.246 e. The molecule has 0 radical (unpaired) electrons. The molecule has 10 heavy (non-hydrogen) atoms. The normalized spacial score (nSPS) is 28.3. The van der Waals surface area contributed by atoms with E-state index in [-0.39, 0.29) is 5.92 Å². The molecule has 2 atom stereocenters. The summed E-state index contributed by atoms with van der Waals surface area (Å²) in [5, 5.41) is 9.07. The highest BCUT2D eigenvalue weighted by Gasteiger charge is 2.27. The Morgan fingerprint density at radius 2 is 2.50 bits per heavy atom. The zero-order chi connectivity index (χ0) is 7.56. The molecule has 3 N–H and O–H groups in total. The first-order chi connectivity index (χ1) is 4.72. The van der Waals surface area contributed by atoms with E-state index in [4.69, 9.17) is 15.6 Å². The number of primary amides is 1. The van der Waals surface area contributed by atoms with Crippen molar-refractivity contribution < 1.29 is 14.6 Å². The third kappa shape index (κ3) is 1.46. The van der Waals surface area contributed by atoms with Gasteiger partial charge in [-0.15, -0.1) is 0 Å². The number of carbonyl (C=O) groups is 1. The lowest BCUT2D eigenvalue weighted by Gasteiger charge is -2.11. The number of nitrogens with two attached hydrogens (primary N) is 1. The fourth-order valence-electron chi connectivity index (χ4n) is 1.03. The van der Waals surface area contributed by atoms with E-state index in [1.54, 1.807) is 0 Å². The number of hydrogen-bond acceptors (Lipinski definition) is 3. The summed E-state index contributed by atoms with van der Waals surface area (Å²) >= 11 is 0. The van der Waals surface area contributed by atoms with Gasteiger partial charge in [-0.2, -0.15) is 0 Å². The highest BCUT2D eigenvalue weighted by Crippen LogP contribution is 2.15. The Kier molecular flexibility index (Phi) is 2.24. The Hall–Kier alpha value is -0.610. The predicted octanol–water partition coefficient (Wildman–Crippen LogP) is -1.13. The Labute approximate surface area is 59.0 Å². The molecule has 0 aromatic heterocycles. The molecule has 1 saturated heterocycles. The summed E-state index contributed by atoms with van der Waals surface area (Å²) in [5.41, 5.74) is 4.87. The van der Waals surface area contributed by atoms with Crippen LogP contribution in [0.1, 0.15) is 6.42 Å². The Balaban J connectivity index is 2.39. The van der Waals surface area contributed by atoms with Gasteiger partial charge in [0.1, 0.15) is 6.10 Å². The van der Waals surface area contributed by atoms with Crippen LogP contribution < -0.4 is 5.73 Å². The SMILES string of the molecule is NC(=O)[C@H](O)[C@H]1CCOC1. The van der Waals surface area contributed by atoms with Crippen molar-refractivity contribution in [2.24, 2.45) is 11.7 Å². The van der Waals surface area contributed by atoms with Gasteiger partial charge in [0.15, 0.2) is 0 Å². The zero-order valence-corrected chi connectivity index (χ0v) is 5.62. The van der Waals surface area contributed by atoms with Gasteiger partial charge in [-0.25, -0.2) is 0 Å². The van der Waals surface area contributed by atoms with Crippen LogP contribution in [-0.2, 0) is 9.53 Å². The van der Waals surface area contributed by atoms with Crippen molar-refractivity contribution in [3.05, 3.63) is 0 Å². The lowest BCUT2D eigenvalue weighted by molar-refractivity contribution is -0.128. The van der Waals surface area contributed by atoms with Crippen molar-refractivity contribution in [2.45, 2.75) is 12.5 Å². The molecule has 0 saturated carbocycles. The van der Waals surface area contributed by atoms with Crippen LogP contribution in [0.5, 0.6) is 0 Å². The van der Waals surface area contributed by atoms with Gasteiger partial charge in [0.05, 0.1) is 6.61 Å². The molecule has 0 unspecified atom stereocenters. The second kappa shape index (κ2) is 2.98. The molecule has 4 nitrogen and oxygen atoms in total. The largest absolute Gasteiger partial charge is 0.383 e. The van der Waals surface area contributed by atoms with Crippen molar-refractivity contribution in [1.82, 2.24) is 0 Å². The number of ether oxygens (including phenoxy) is 1. The monoisotopic (exact) mass is 145 g/mol. The molecule has 1 amide bonds. The molecule has 0 bridgehead atoms. The number of hydrogen-bond donors (Lipinski definition) is 2. The first-order valence-electron chi connectivity index (χ1n) is 3.27. The minimum atomic E-state index is -1.03. The first kappa shape index (κ1) is 7.50. The minimum absolute atomic E-state index is 0.0856. The molecule has 0 aliphatic carbocycles. The Bertz CT molecular complexity index is 131. The number of aliphatic hydroxyl groups excluding tert-OH is 1. The van der Waals surface area contributed by atoms with E-state index >= 15 is 0 Å². The standard InChI is InChI=1S/C6H11NO3/c7-6(9)5(8)4-1-2-10-3-4/h4-5,8H,1-3H2,(H2,7,9)/t4-,5+/m0/s1. The van der Waals surface area contributed by atoms with Crippen molar-refractivity contribution >= 4 is 5.91 Å². The Morgan fingerprint density at radius 1 is 1.80 bits per heavy atom. The van der Waals surface area contributed by atoms with Crippen molar-refractivity contribution in [2.75, 3.05) is 13.2 Å². The van der Waals surface area contributed by atoms with Crippen LogP contribution in [0, 0.1) is 5.92 Å². The maximum atomic E-state index is 10.4. The topological polar surface area (TPSA) is 72.6 Å². The minimum Gasteiger partial charge on any atom is -0.383 e. The van der Waals surface area contributed by atoms with Crippen LogP contribution in [0.2, 0.25) is 0 Å². The summed E-state index contributed by atoms with van der Waals surface area (Å²) in [6.45, 7) is 1.07. The summed E-state index contributed by atoms with van der Waals surface area (Å²) in [6.07, 6.45) is -0.299. The summed E-state index contributed by atoms with van der Waals surface area (Å²) in [4.78, 5) is 10.4. The second-order valence-corrected chi connectivity index (χ2v) is 2.47. The highest BCUT2D eigenvalue weighted by atomic mass is 16.5. The molecule has 1 heterocycles. The van der Waals surface area contributed by atoms with Crippen LogP contribution in [-0.4, -0.2) is 30.3 Å². The number of aliphatic hydroxyl groups is 1. The molecule has 1 rings (SSSR count). The predicted molar refractivity (Wildman–Crippen MR) is 34.1 cm³/mol. The van der Waals surface area contributed by atoms with E-state index in [0.717, 1.165) is 6.42 Å². The second-order valence-electron chi connectivity index (χ2n) is 2.47. The average molecular weight is 145 g/mol. The van der Waals surface area contributed by atoms with Crippen LogP contribution >= 0.6 is 0 Å². The summed E-state index contributed by atoms with van der Waals surface area (Å²) in [5.74, 6) is -0.743. The maximum absolute atomic E-state index is 10.4. The summed E-state index contributed by atoms with van der Waals surface area (Å²) < 4.78 is 4.96. The molecule has 1 aliphatic heterocycles. The van der Waals surface area contributed by atoms with Crippen molar-refractivity contribution in [1.29, 1.82) is 0 Å². The molecule has 0 spiro atoms. The third-order valence-electron chi connectivity index (χ3n) is 1.70. The van der Waals surface area contributed by atoms with Crippen LogP contribution in [0.4, 0.5) is 0 Å². The highest BCUT2D eigenvalue weighted by molar-refractivity contribution is 5.78. The molecule has 4 heteroatoms. The van der Waals surface area contributed by atoms with Crippen LogP contribution in [0.25, 0.3) is 0 Å². The van der Waals surface area contributed by atoms with Gasteiger partial charge in [0, 0.05) is 12.5 Å². The lowest BCUT2D eigenvalue weighted by Crippen LogP contribution is -2.35. The van der Waals surface area contributed by atoms with Crippen molar-refractivity contribution in [3.63, 3.8) is 0 Å². The van der Waals surface area contributed by atoms with E-state index in [1.165, 1.54) is 0 Å². The van der Waals surface area contributed by atoms with Gasteiger partial charge in [0.25, 0.3) is 0 Å². The number of rotatable bonds is 2. The lowest BCUT2D eigenvalue weighted by atomic mass is 10.0. The van der Waals surface area contributed by atoms with Gasteiger partial charge in [-0.3, -0.25) is 4.79 Å². The smallest absolute Gasteiger partial charge is 0.246 e. The van der Waals surface area contributed by atoms with E-state index in [1.807, 2.05) is 0 Å². The first-order valence-corrected chi connectivity index (χ1v) is 3.27. The summed E-state index contributed by atoms with van der Waals surface area (Å²) in [6, 6.07) is 0. The van der Waals surface area contributed by atoms with Crippen molar-refractivity contribution in [3.8, 4) is 0 Å². The van der Waals surface area contributed by atoms with E-state index < -0.39 is 12.0 Å². The fraction of sp³-hybridized carbons (Fsp3) is 0.833. The zero-order valence-electron chi connectivity index (χ0n) is 5.62. The molecule has 0 aromatic carbocycles. The van der Waals surface area contributed by atoms with E-state index in [9.17, 15) is 4.79 Å². The average Bonchev–Trinajstić information content (AvgIpc) is 2.36. The molecule has 58 valence electrons.